The lowest BCUT2D eigenvalue weighted by molar-refractivity contribution is 0.167. The van der Waals surface area contributed by atoms with Gasteiger partial charge in [0, 0.05) is 17.4 Å². The number of rotatable bonds is 3. The summed E-state index contributed by atoms with van der Waals surface area (Å²) in [5.41, 5.74) is 1.27. The van der Waals surface area contributed by atoms with Crippen molar-refractivity contribution in [2.24, 2.45) is 0 Å². The Bertz CT molecular complexity index is 375. The zero-order chi connectivity index (χ0) is 12.5. The van der Waals surface area contributed by atoms with Crippen molar-refractivity contribution in [2.45, 2.75) is 45.1 Å². The number of ether oxygens (including phenoxy) is 1. The minimum Gasteiger partial charge on any atom is -0.379 e. The molecule has 0 amide bonds. The van der Waals surface area contributed by atoms with Crippen LogP contribution in [0, 0.1) is 0 Å². The van der Waals surface area contributed by atoms with Crippen molar-refractivity contribution in [1.29, 1.82) is 0 Å². The topological polar surface area (TPSA) is 34.2 Å². The SMILES string of the molecule is CCNC1(c2nc(C(C)(C)C)cs2)CCOC1. The van der Waals surface area contributed by atoms with E-state index >= 15 is 0 Å². The highest BCUT2D eigenvalue weighted by molar-refractivity contribution is 7.09. The zero-order valence-electron chi connectivity index (χ0n) is 11.2. The molecule has 1 unspecified atom stereocenters. The van der Waals surface area contributed by atoms with Crippen molar-refractivity contribution in [3.8, 4) is 0 Å². The smallest absolute Gasteiger partial charge is 0.115 e. The summed E-state index contributed by atoms with van der Waals surface area (Å²) in [4.78, 5) is 4.83. The van der Waals surface area contributed by atoms with Crippen LogP contribution in [0.2, 0.25) is 0 Å². The lowest BCUT2D eigenvalue weighted by atomic mass is 9.93. The Morgan fingerprint density at radius 3 is 2.76 bits per heavy atom. The second-order valence-electron chi connectivity index (χ2n) is 5.70. The van der Waals surface area contributed by atoms with Crippen molar-refractivity contribution >= 4 is 11.3 Å². The summed E-state index contributed by atoms with van der Waals surface area (Å²) in [6.07, 6.45) is 1.03. The summed E-state index contributed by atoms with van der Waals surface area (Å²) in [5.74, 6) is 0. The van der Waals surface area contributed by atoms with Gasteiger partial charge in [0.2, 0.25) is 0 Å². The minimum absolute atomic E-state index is 0.0388. The van der Waals surface area contributed by atoms with Crippen LogP contribution in [0.4, 0.5) is 0 Å². The van der Waals surface area contributed by atoms with Crippen LogP contribution >= 0.6 is 11.3 Å². The third kappa shape index (κ3) is 2.54. The lowest BCUT2D eigenvalue weighted by Crippen LogP contribution is -2.42. The summed E-state index contributed by atoms with van der Waals surface area (Å²) >= 11 is 1.76. The first-order valence-corrected chi connectivity index (χ1v) is 7.15. The fraction of sp³-hybridized carbons (Fsp3) is 0.769. The maximum Gasteiger partial charge on any atom is 0.115 e. The molecule has 1 aromatic heterocycles. The molecule has 1 saturated heterocycles. The third-order valence-corrected chi connectivity index (χ3v) is 4.27. The number of hydrogen-bond acceptors (Lipinski definition) is 4. The van der Waals surface area contributed by atoms with Crippen LogP contribution in [0.25, 0.3) is 0 Å². The molecular weight excluding hydrogens is 232 g/mol. The van der Waals surface area contributed by atoms with E-state index < -0.39 is 0 Å². The van der Waals surface area contributed by atoms with Crippen molar-refractivity contribution in [3.63, 3.8) is 0 Å². The Labute approximate surface area is 108 Å². The Balaban J connectivity index is 2.28. The van der Waals surface area contributed by atoms with Crippen LogP contribution in [-0.2, 0) is 15.7 Å². The predicted molar refractivity (Wildman–Crippen MR) is 71.6 cm³/mol. The van der Waals surface area contributed by atoms with E-state index in [-0.39, 0.29) is 11.0 Å². The van der Waals surface area contributed by atoms with Gasteiger partial charge in [-0.05, 0) is 13.0 Å². The quantitative estimate of drug-likeness (QED) is 0.900. The van der Waals surface area contributed by atoms with E-state index in [2.05, 4.69) is 38.4 Å². The number of likely N-dealkylation sites (N-methyl/N-ethyl adjacent to an activating group) is 1. The second-order valence-corrected chi connectivity index (χ2v) is 6.56. The van der Waals surface area contributed by atoms with Gasteiger partial charge in [-0.15, -0.1) is 11.3 Å². The second kappa shape index (κ2) is 4.67. The van der Waals surface area contributed by atoms with E-state index in [4.69, 9.17) is 9.72 Å². The molecule has 3 nitrogen and oxygen atoms in total. The third-order valence-electron chi connectivity index (χ3n) is 3.22. The average Bonchev–Trinajstić information content (AvgIpc) is 2.84. The fourth-order valence-electron chi connectivity index (χ4n) is 2.13. The normalized spacial score (nSPS) is 25.4. The number of thiazole rings is 1. The lowest BCUT2D eigenvalue weighted by Gasteiger charge is -2.26. The Hall–Kier alpha value is -0.450. The molecule has 0 spiro atoms. The largest absolute Gasteiger partial charge is 0.379 e. The van der Waals surface area contributed by atoms with Crippen LogP contribution in [0.5, 0.6) is 0 Å². The van der Waals surface area contributed by atoms with E-state index in [9.17, 15) is 0 Å². The molecule has 2 heterocycles. The summed E-state index contributed by atoms with van der Waals surface area (Å²) in [5, 5.41) is 6.93. The Morgan fingerprint density at radius 2 is 2.29 bits per heavy atom. The molecule has 0 saturated carbocycles. The highest BCUT2D eigenvalue weighted by Gasteiger charge is 2.39. The molecule has 2 rings (SSSR count). The molecule has 17 heavy (non-hydrogen) atoms. The zero-order valence-corrected chi connectivity index (χ0v) is 12.0. The molecule has 1 aliphatic heterocycles. The van der Waals surface area contributed by atoms with E-state index in [1.165, 1.54) is 10.7 Å². The van der Waals surface area contributed by atoms with Crippen LogP contribution < -0.4 is 5.32 Å². The molecule has 1 aliphatic rings. The van der Waals surface area contributed by atoms with Gasteiger partial charge in [-0.2, -0.15) is 0 Å². The van der Waals surface area contributed by atoms with Gasteiger partial charge in [-0.3, -0.25) is 0 Å². The molecule has 1 N–H and O–H groups in total. The van der Waals surface area contributed by atoms with Gasteiger partial charge < -0.3 is 10.1 Å². The van der Waals surface area contributed by atoms with Gasteiger partial charge >= 0.3 is 0 Å². The highest BCUT2D eigenvalue weighted by Crippen LogP contribution is 2.35. The van der Waals surface area contributed by atoms with Crippen molar-refractivity contribution in [2.75, 3.05) is 19.8 Å². The molecule has 0 aliphatic carbocycles. The number of nitrogens with one attached hydrogen (secondary N) is 1. The first-order valence-electron chi connectivity index (χ1n) is 6.27. The number of aromatic nitrogens is 1. The number of nitrogens with zero attached hydrogens (tertiary/aromatic N) is 1. The molecule has 0 radical (unpaired) electrons. The molecule has 1 fully saturated rings. The van der Waals surface area contributed by atoms with E-state index in [1.807, 2.05) is 0 Å². The van der Waals surface area contributed by atoms with Crippen LogP contribution in [0.15, 0.2) is 5.38 Å². The van der Waals surface area contributed by atoms with Gasteiger partial charge in [-0.1, -0.05) is 27.7 Å². The summed E-state index contributed by atoms with van der Waals surface area (Å²) < 4.78 is 5.57. The number of hydrogen-bond donors (Lipinski definition) is 1. The molecule has 1 atom stereocenters. The van der Waals surface area contributed by atoms with Gasteiger partial charge in [0.1, 0.15) is 5.01 Å². The fourth-order valence-corrected chi connectivity index (χ4v) is 3.36. The Morgan fingerprint density at radius 1 is 1.53 bits per heavy atom. The standard InChI is InChI=1S/C13H22N2OS/c1-5-14-13(6-7-16-9-13)11-15-10(8-17-11)12(2,3)4/h8,14H,5-7,9H2,1-4H3. The van der Waals surface area contributed by atoms with Crippen molar-refractivity contribution < 1.29 is 4.74 Å². The van der Waals surface area contributed by atoms with E-state index in [1.54, 1.807) is 11.3 Å². The highest BCUT2D eigenvalue weighted by atomic mass is 32.1. The first kappa shape index (κ1) is 13.0. The van der Waals surface area contributed by atoms with E-state index in [0.29, 0.717) is 0 Å². The molecule has 0 aromatic carbocycles. The average molecular weight is 254 g/mol. The molecular formula is C13H22N2OS. The minimum atomic E-state index is -0.0388. The van der Waals surface area contributed by atoms with Gasteiger partial charge in [-0.25, -0.2) is 4.98 Å². The first-order chi connectivity index (χ1) is 7.98. The summed E-state index contributed by atoms with van der Waals surface area (Å²) in [6.45, 7) is 11.3. The maximum atomic E-state index is 5.57. The maximum absolute atomic E-state index is 5.57. The monoisotopic (exact) mass is 254 g/mol. The molecule has 4 heteroatoms. The summed E-state index contributed by atoms with van der Waals surface area (Å²) in [7, 11) is 0. The van der Waals surface area contributed by atoms with Crippen LogP contribution in [-0.4, -0.2) is 24.7 Å². The van der Waals surface area contributed by atoms with Crippen molar-refractivity contribution in [1.82, 2.24) is 10.3 Å². The summed E-state index contributed by atoms with van der Waals surface area (Å²) in [6, 6.07) is 0. The van der Waals surface area contributed by atoms with Crippen molar-refractivity contribution in [3.05, 3.63) is 16.1 Å². The molecule has 96 valence electrons. The molecule has 1 aromatic rings. The predicted octanol–water partition coefficient (Wildman–Crippen LogP) is 2.67. The van der Waals surface area contributed by atoms with Crippen LogP contribution in [0.3, 0.4) is 0 Å². The van der Waals surface area contributed by atoms with Gasteiger partial charge in [0.15, 0.2) is 0 Å². The Kier molecular flexibility index (Phi) is 3.57. The van der Waals surface area contributed by atoms with Gasteiger partial charge in [0.05, 0.1) is 17.8 Å². The molecule has 0 bridgehead atoms. The van der Waals surface area contributed by atoms with Gasteiger partial charge in [0.25, 0.3) is 0 Å². The van der Waals surface area contributed by atoms with Crippen LogP contribution in [0.1, 0.15) is 44.8 Å². The van der Waals surface area contributed by atoms with E-state index in [0.717, 1.165) is 26.2 Å².